The molecule has 90 valence electrons. The van der Waals surface area contributed by atoms with Gasteiger partial charge in [0.1, 0.15) is 17.2 Å². The largest absolute Gasteiger partial charge is 0.457 e. The first-order valence-corrected chi connectivity index (χ1v) is 5.40. The number of hydrogen-bond acceptors (Lipinski definition) is 4. The van der Waals surface area contributed by atoms with Gasteiger partial charge in [-0.1, -0.05) is 5.92 Å². The zero-order valence-electron chi connectivity index (χ0n) is 9.97. The second-order valence-electron chi connectivity index (χ2n) is 3.62. The molecule has 18 heavy (non-hydrogen) atoms. The van der Waals surface area contributed by atoms with Crippen LogP contribution in [0.25, 0.3) is 0 Å². The summed E-state index contributed by atoms with van der Waals surface area (Å²) in [6, 6.07) is 8.87. The molecule has 2 aromatic rings. The van der Waals surface area contributed by atoms with E-state index < -0.39 is 0 Å². The lowest BCUT2D eigenvalue weighted by Crippen LogP contribution is -1.96. The summed E-state index contributed by atoms with van der Waals surface area (Å²) in [7, 11) is 1.81. The Labute approximate surface area is 106 Å². The molecule has 0 unspecified atom stereocenters. The number of nitrogen functional groups attached to an aromatic ring is 1. The van der Waals surface area contributed by atoms with Crippen LogP contribution in [0.1, 0.15) is 5.69 Å². The summed E-state index contributed by atoms with van der Waals surface area (Å²) < 4.78 is 5.66. The van der Waals surface area contributed by atoms with Gasteiger partial charge < -0.3 is 15.8 Å². The van der Waals surface area contributed by atoms with Crippen LogP contribution in [0.5, 0.6) is 11.5 Å². The van der Waals surface area contributed by atoms with Crippen LogP contribution in [0.15, 0.2) is 36.5 Å². The summed E-state index contributed by atoms with van der Waals surface area (Å²) in [6.07, 6.45) is 6.88. The molecule has 0 amide bonds. The molecule has 0 fully saturated rings. The minimum absolute atomic E-state index is 0.535. The minimum atomic E-state index is 0.535. The number of terminal acetylenes is 1. The zero-order chi connectivity index (χ0) is 13.0. The van der Waals surface area contributed by atoms with Crippen LogP contribution in [-0.4, -0.2) is 12.0 Å². The van der Waals surface area contributed by atoms with Crippen LogP contribution < -0.4 is 15.8 Å². The molecular weight excluding hydrogens is 226 g/mol. The van der Waals surface area contributed by atoms with Crippen molar-refractivity contribution in [3.8, 4) is 23.8 Å². The van der Waals surface area contributed by atoms with Crippen molar-refractivity contribution in [1.29, 1.82) is 0 Å². The fraction of sp³-hybridized carbons (Fsp3) is 0.0714. The molecule has 4 heteroatoms. The lowest BCUT2D eigenvalue weighted by molar-refractivity contribution is 0.482. The van der Waals surface area contributed by atoms with Crippen LogP contribution in [-0.2, 0) is 0 Å². The van der Waals surface area contributed by atoms with Gasteiger partial charge in [-0.05, 0) is 18.2 Å². The maximum absolute atomic E-state index is 5.85. The highest BCUT2D eigenvalue weighted by Crippen LogP contribution is 2.27. The Bertz CT molecular complexity index is 602. The topological polar surface area (TPSA) is 60.2 Å². The molecular formula is C14H13N3O. The van der Waals surface area contributed by atoms with Gasteiger partial charge in [-0.15, -0.1) is 6.42 Å². The molecule has 0 saturated heterocycles. The average molecular weight is 239 g/mol. The monoisotopic (exact) mass is 239 g/mol. The van der Waals surface area contributed by atoms with Gasteiger partial charge in [-0.2, -0.15) is 0 Å². The summed E-state index contributed by atoms with van der Waals surface area (Å²) in [5, 5.41) is 2.99. The molecule has 1 heterocycles. The highest BCUT2D eigenvalue weighted by atomic mass is 16.5. The Morgan fingerprint density at radius 2 is 2.06 bits per heavy atom. The Balaban J connectivity index is 2.23. The third-order valence-corrected chi connectivity index (χ3v) is 2.41. The van der Waals surface area contributed by atoms with Gasteiger partial charge in [0, 0.05) is 25.4 Å². The van der Waals surface area contributed by atoms with Gasteiger partial charge in [0.25, 0.3) is 0 Å². The normalized spacial score (nSPS) is 9.56. The van der Waals surface area contributed by atoms with Crippen molar-refractivity contribution in [2.75, 3.05) is 18.1 Å². The Morgan fingerprint density at radius 3 is 2.72 bits per heavy atom. The van der Waals surface area contributed by atoms with E-state index in [1.165, 1.54) is 0 Å². The molecule has 0 aliphatic carbocycles. The highest BCUT2D eigenvalue weighted by Gasteiger charge is 2.02. The average Bonchev–Trinajstić information content (AvgIpc) is 2.39. The second-order valence-corrected chi connectivity index (χ2v) is 3.62. The zero-order valence-corrected chi connectivity index (χ0v) is 9.97. The lowest BCUT2D eigenvalue weighted by Gasteiger charge is -2.09. The molecule has 3 N–H and O–H groups in total. The first-order valence-electron chi connectivity index (χ1n) is 5.40. The number of pyridine rings is 1. The first-order chi connectivity index (χ1) is 8.72. The van der Waals surface area contributed by atoms with Crippen LogP contribution >= 0.6 is 0 Å². The first kappa shape index (κ1) is 11.8. The maximum atomic E-state index is 5.85. The van der Waals surface area contributed by atoms with Gasteiger partial charge in [-0.3, -0.25) is 0 Å². The third kappa shape index (κ3) is 2.53. The van der Waals surface area contributed by atoms with Crippen LogP contribution in [0.2, 0.25) is 0 Å². The van der Waals surface area contributed by atoms with Crippen molar-refractivity contribution in [1.82, 2.24) is 4.98 Å². The number of anilines is 2. The van der Waals surface area contributed by atoms with E-state index in [1.807, 2.05) is 19.2 Å². The predicted molar refractivity (Wildman–Crippen MR) is 72.6 cm³/mol. The van der Waals surface area contributed by atoms with Crippen molar-refractivity contribution in [3.63, 3.8) is 0 Å². The lowest BCUT2D eigenvalue weighted by atomic mass is 10.2. The Morgan fingerprint density at radius 1 is 1.28 bits per heavy atom. The van der Waals surface area contributed by atoms with E-state index >= 15 is 0 Å². The number of nitrogens with zero attached hydrogens (tertiary/aromatic N) is 1. The minimum Gasteiger partial charge on any atom is -0.457 e. The summed E-state index contributed by atoms with van der Waals surface area (Å²) in [5.74, 6) is 3.74. The molecule has 1 aromatic heterocycles. The van der Waals surface area contributed by atoms with E-state index in [4.69, 9.17) is 16.9 Å². The van der Waals surface area contributed by atoms with E-state index in [2.05, 4.69) is 16.2 Å². The van der Waals surface area contributed by atoms with E-state index in [9.17, 15) is 0 Å². The van der Waals surface area contributed by atoms with Gasteiger partial charge in [0.15, 0.2) is 0 Å². The molecule has 4 nitrogen and oxygen atoms in total. The molecule has 0 radical (unpaired) electrons. The maximum Gasteiger partial charge on any atom is 0.131 e. The summed E-state index contributed by atoms with van der Waals surface area (Å²) in [4.78, 5) is 3.99. The van der Waals surface area contributed by atoms with Crippen molar-refractivity contribution in [3.05, 3.63) is 42.2 Å². The molecule has 0 bridgehead atoms. The van der Waals surface area contributed by atoms with Crippen molar-refractivity contribution < 1.29 is 4.74 Å². The predicted octanol–water partition coefficient (Wildman–Crippen LogP) is 2.48. The second kappa shape index (κ2) is 5.11. The summed E-state index contributed by atoms with van der Waals surface area (Å²) in [6.45, 7) is 0. The van der Waals surface area contributed by atoms with E-state index in [0.29, 0.717) is 22.9 Å². The molecule has 1 aromatic carbocycles. The van der Waals surface area contributed by atoms with Crippen molar-refractivity contribution in [2.45, 2.75) is 0 Å². The molecule has 0 aliphatic rings. The molecule has 0 atom stereocenters. The highest BCUT2D eigenvalue weighted by molar-refractivity contribution is 5.68. The van der Waals surface area contributed by atoms with Crippen LogP contribution in [0.4, 0.5) is 11.4 Å². The summed E-state index contributed by atoms with van der Waals surface area (Å²) in [5.41, 5.74) is 7.88. The number of hydrogen-bond donors (Lipinski definition) is 2. The van der Waals surface area contributed by atoms with E-state index in [-0.39, 0.29) is 0 Å². The SMILES string of the molecule is C#Cc1cc(Oc2ccc(NC)c(N)c2)ccn1. The third-order valence-electron chi connectivity index (χ3n) is 2.41. The van der Waals surface area contributed by atoms with E-state index in [1.54, 1.807) is 24.4 Å². The number of benzene rings is 1. The molecule has 0 saturated carbocycles. The fourth-order valence-electron chi connectivity index (χ4n) is 1.52. The van der Waals surface area contributed by atoms with Gasteiger partial charge in [-0.25, -0.2) is 4.98 Å². The fourth-order valence-corrected chi connectivity index (χ4v) is 1.52. The number of ether oxygens (including phenoxy) is 1. The smallest absolute Gasteiger partial charge is 0.131 e. The number of nitrogens with one attached hydrogen (secondary N) is 1. The van der Waals surface area contributed by atoms with Crippen LogP contribution in [0, 0.1) is 12.3 Å². The standard InChI is InChI=1S/C14H13N3O/c1-3-10-8-12(6-7-17-10)18-11-4-5-14(16-2)13(15)9-11/h1,4-9,16H,15H2,2H3. The quantitative estimate of drug-likeness (QED) is 0.638. The van der Waals surface area contributed by atoms with Crippen molar-refractivity contribution >= 4 is 11.4 Å². The number of nitrogens with two attached hydrogens (primary N) is 1. The number of aromatic nitrogens is 1. The summed E-state index contributed by atoms with van der Waals surface area (Å²) >= 11 is 0. The van der Waals surface area contributed by atoms with Crippen molar-refractivity contribution in [2.24, 2.45) is 0 Å². The molecule has 0 spiro atoms. The van der Waals surface area contributed by atoms with Gasteiger partial charge >= 0.3 is 0 Å². The Kier molecular flexibility index (Phi) is 3.35. The van der Waals surface area contributed by atoms with E-state index in [0.717, 1.165) is 5.69 Å². The number of rotatable bonds is 3. The van der Waals surface area contributed by atoms with Gasteiger partial charge in [0.05, 0.1) is 11.4 Å². The Hall–Kier alpha value is -2.67. The molecule has 2 rings (SSSR count). The van der Waals surface area contributed by atoms with Crippen LogP contribution in [0.3, 0.4) is 0 Å². The van der Waals surface area contributed by atoms with Gasteiger partial charge in [0.2, 0.25) is 0 Å². The molecule has 0 aliphatic heterocycles.